The molecule has 1 saturated heterocycles. The Morgan fingerprint density at radius 2 is 2.25 bits per heavy atom. The number of halogens is 2. The maximum atomic E-state index is 14.1. The van der Waals surface area contributed by atoms with Gasteiger partial charge < -0.3 is 5.32 Å². The lowest BCUT2D eigenvalue weighted by Gasteiger charge is -2.24. The Morgan fingerprint density at radius 1 is 1.44 bits per heavy atom. The van der Waals surface area contributed by atoms with Crippen LogP contribution >= 0.6 is 15.9 Å². The highest BCUT2D eigenvalue weighted by atomic mass is 79.9. The standard InChI is InChI=1S/C13H17BrFN/c14-12-6-2-1-5-11(12)13(15)8-10-4-3-7-16-9-10/h1-2,5-6,10,13,16H,3-4,7-9H2. The average Bonchev–Trinajstić information content (AvgIpc) is 2.31. The third-order valence-corrected chi connectivity index (χ3v) is 3.90. The summed E-state index contributed by atoms with van der Waals surface area (Å²) in [5.41, 5.74) is 0.785. The summed E-state index contributed by atoms with van der Waals surface area (Å²) in [5, 5.41) is 3.33. The molecule has 1 N–H and O–H groups in total. The van der Waals surface area contributed by atoms with E-state index in [0.29, 0.717) is 12.3 Å². The molecule has 2 rings (SSSR count). The minimum Gasteiger partial charge on any atom is -0.316 e. The van der Waals surface area contributed by atoms with Crippen LogP contribution < -0.4 is 5.32 Å². The van der Waals surface area contributed by atoms with E-state index in [1.165, 1.54) is 6.42 Å². The molecule has 0 radical (unpaired) electrons. The summed E-state index contributed by atoms with van der Waals surface area (Å²) in [5.74, 6) is 0.482. The van der Waals surface area contributed by atoms with Crippen LogP contribution in [0.2, 0.25) is 0 Å². The monoisotopic (exact) mass is 285 g/mol. The van der Waals surface area contributed by atoms with Crippen molar-refractivity contribution in [1.82, 2.24) is 5.32 Å². The van der Waals surface area contributed by atoms with Gasteiger partial charge in [-0.1, -0.05) is 34.1 Å². The Labute approximate surface area is 105 Å². The normalized spacial score (nSPS) is 23.0. The van der Waals surface area contributed by atoms with Gasteiger partial charge in [-0.3, -0.25) is 0 Å². The molecule has 0 spiro atoms. The van der Waals surface area contributed by atoms with Crippen LogP contribution in [0.3, 0.4) is 0 Å². The molecule has 88 valence electrons. The van der Waals surface area contributed by atoms with E-state index in [4.69, 9.17) is 0 Å². The number of piperidine rings is 1. The summed E-state index contributed by atoms with van der Waals surface area (Å²) in [6.07, 6.45) is 2.11. The molecular formula is C13H17BrFN. The molecule has 16 heavy (non-hydrogen) atoms. The van der Waals surface area contributed by atoms with E-state index in [1.54, 1.807) is 0 Å². The zero-order chi connectivity index (χ0) is 11.4. The van der Waals surface area contributed by atoms with Crippen LogP contribution in [0.25, 0.3) is 0 Å². The fourth-order valence-corrected chi connectivity index (χ4v) is 2.81. The van der Waals surface area contributed by atoms with E-state index < -0.39 is 6.17 Å². The van der Waals surface area contributed by atoms with Gasteiger partial charge in [0.25, 0.3) is 0 Å². The van der Waals surface area contributed by atoms with Gasteiger partial charge in [-0.15, -0.1) is 0 Å². The Morgan fingerprint density at radius 3 is 2.94 bits per heavy atom. The Hall–Kier alpha value is -0.410. The van der Waals surface area contributed by atoms with E-state index in [0.717, 1.165) is 29.5 Å². The summed E-state index contributed by atoms with van der Waals surface area (Å²) in [6.45, 7) is 2.05. The number of nitrogens with one attached hydrogen (secondary N) is 1. The molecule has 2 atom stereocenters. The van der Waals surface area contributed by atoms with E-state index in [9.17, 15) is 4.39 Å². The van der Waals surface area contributed by atoms with Crippen LogP contribution in [0.15, 0.2) is 28.7 Å². The molecular weight excluding hydrogens is 269 g/mol. The second-order valence-electron chi connectivity index (χ2n) is 4.44. The summed E-state index contributed by atoms with van der Waals surface area (Å²) >= 11 is 3.41. The third kappa shape index (κ3) is 3.05. The van der Waals surface area contributed by atoms with Crippen molar-refractivity contribution in [1.29, 1.82) is 0 Å². The third-order valence-electron chi connectivity index (χ3n) is 3.18. The molecule has 1 heterocycles. The van der Waals surface area contributed by atoms with Gasteiger partial charge in [0.15, 0.2) is 0 Å². The van der Waals surface area contributed by atoms with Crippen molar-refractivity contribution in [2.75, 3.05) is 13.1 Å². The second-order valence-corrected chi connectivity index (χ2v) is 5.29. The molecule has 0 amide bonds. The van der Waals surface area contributed by atoms with Crippen LogP contribution in [0.5, 0.6) is 0 Å². The molecule has 0 aromatic heterocycles. The van der Waals surface area contributed by atoms with Gasteiger partial charge in [-0.25, -0.2) is 4.39 Å². The van der Waals surface area contributed by atoms with E-state index in [2.05, 4.69) is 21.2 Å². The zero-order valence-electron chi connectivity index (χ0n) is 9.26. The van der Waals surface area contributed by atoms with Gasteiger partial charge >= 0.3 is 0 Å². The highest BCUT2D eigenvalue weighted by Gasteiger charge is 2.20. The fraction of sp³-hybridized carbons (Fsp3) is 0.538. The van der Waals surface area contributed by atoms with Gasteiger partial charge in [0.2, 0.25) is 0 Å². The van der Waals surface area contributed by atoms with Crippen molar-refractivity contribution >= 4 is 15.9 Å². The molecule has 1 aliphatic rings. The predicted octanol–water partition coefficient (Wildman–Crippen LogP) is 3.85. The molecule has 0 bridgehead atoms. The minimum absolute atomic E-state index is 0.482. The largest absolute Gasteiger partial charge is 0.316 e. The van der Waals surface area contributed by atoms with Crippen LogP contribution in [-0.4, -0.2) is 13.1 Å². The quantitative estimate of drug-likeness (QED) is 0.890. The lowest BCUT2D eigenvalue weighted by Crippen LogP contribution is -2.30. The molecule has 1 aliphatic heterocycles. The molecule has 3 heteroatoms. The average molecular weight is 286 g/mol. The topological polar surface area (TPSA) is 12.0 Å². The van der Waals surface area contributed by atoms with Gasteiger partial charge in [0, 0.05) is 10.0 Å². The molecule has 1 aromatic carbocycles. The summed E-state index contributed by atoms with van der Waals surface area (Å²) in [6, 6.07) is 7.58. The van der Waals surface area contributed by atoms with Gasteiger partial charge in [0.1, 0.15) is 6.17 Å². The smallest absolute Gasteiger partial charge is 0.127 e. The number of benzene rings is 1. The minimum atomic E-state index is -0.847. The second kappa shape index (κ2) is 5.78. The van der Waals surface area contributed by atoms with Crippen molar-refractivity contribution in [3.63, 3.8) is 0 Å². The number of hydrogen-bond acceptors (Lipinski definition) is 1. The summed E-state index contributed by atoms with van der Waals surface area (Å²) < 4.78 is 15.0. The summed E-state index contributed by atoms with van der Waals surface area (Å²) in [4.78, 5) is 0. The van der Waals surface area contributed by atoms with Crippen molar-refractivity contribution in [2.45, 2.75) is 25.4 Å². The van der Waals surface area contributed by atoms with E-state index >= 15 is 0 Å². The lowest BCUT2D eigenvalue weighted by molar-refractivity contribution is 0.242. The first-order chi connectivity index (χ1) is 7.77. The van der Waals surface area contributed by atoms with Crippen molar-refractivity contribution in [3.05, 3.63) is 34.3 Å². The SMILES string of the molecule is FC(CC1CCCNC1)c1ccccc1Br. The fourth-order valence-electron chi connectivity index (χ4n) is 2.27. The summed E-state index contributed by atoms with van der Waals surface area (Å²) in [7, 11) is 0. The van der Waals surface area contributed by atoms with Crippen molar-refractivity contribution in [3.8, 4) is 0 Å². The number of alkyl halides is 1. The molecule has 2 unspecified atom stereocenters. The Bertz CT molecular complexity index is 336. The first-order valence-electron chi connectivity index (χ1n) is 5.86. The van der Waals surface area contributed by atoms with E-state index in [-0.39, 0.29) is 0 Å². The van der Waals surface area contributed by atoms with Crippen LogP contribution in [0.4, 0.5) is 4.39 Å². The van der Waals surface area contributed by atoms with Gasteiger partial charge in [-0.05, 0) is 44.3 Å². The zero-order valence-corrected chi connectivity index (χ0v) is 10.8. The first kappa shape index (κ1) is 12.1. The van der Waals surface area contributed by atoms with Gasteiger partial charge in [-0.2, -0.15) is 0 Å². The maximum Gasteiger partial charge on any atom is 0.127 e. The van der Waals surface area contributed by atoms with E-state index in [1.807, 2.05) is 24.3 Å². The molecule has 0 saturated carbocycles. The van der Waals surface area contributed by atoms with Crippen molar-refractivity contribution < 1.29 is 4.39 Å². The lowest BCUT2D eigenvalue weighted by atomic mass is 9.92. The predicted molar refractivity (Wildman–Crippen MR) is 68.2 cm³/mol. The van der Waals surface area contributed by atoms with Crippen LogP contribution in [-0.2, 0) is 0 Å². The first-order valence-corrected chi connectivity index (χ1v) is 6.66. The molecule has 1 nitrogen and oxygen atoms in total. The maximum absolute atomic E-state index is 14.1. The van der Waals surface area contributed by atoms with Gasteiger partial charge in [0.05, 0.1) is 0 Å². The Balaban J connectivity index is 1.96. The molecule has 1 aromatic rings. The molecule has 1 fully saturated rings. The number of rotatable bonds is 3. The van der Waals surface area contributed by atoms with Crippen molar-refractivity contribution in [2.24, 2.45) is 5.92 Å². The highest BCUT2D eigenvalue weighted by Crippen LogP contribution is 2.32. The van der Waals surface area contributed by atoms with Crippen LogP contribution in [0, 0.1) is 5.92 Å². The van der Waals surface area contributed by atoms with Crippen LogP contribution in [0.1, 0.15) is 31.0 Å². The molecule has 0 aliphatic carbocycles. The highest BCUT2D eigenvalue weighted by molar-refractivity contribution is 9.10. The Kier molecular flexibility index (Phi) is 4.36. The number of hydrogen-bond donors (Lipinski definition) is 1.